The first kappa shape index (κ1) is 13.2. The van der Waals surface area contributed by atoms with E-state index in [0.29, 0.717) is 11.3 Å². The monoisotopic (exact) mass is 277 g/mol. The van der Waals surface area contributed by atoms with E-state index < -0.39 is 10.9 Å². The van der Waals surface area contributed by atoms with Gasteiger partial charge >= 0.3 is 5.97 Å². The van der Waals surface area contributed by atoms with Crippen LogP contribution in [-0.4, -0.2) is 18.0 Å². The lowest BCUT2D eigenvalue weighted by Crippen LogP contribution is -2.04. The van der Waals surface area contributed by atoms with E-state index in [0.717, 1.165) is 5.56 Å². The van der Waals surface area contributed by atoms with Crippen LogP contribution in [0.1, 0.15) is 20.8 Å². The molecule has 2 rings (SSSR count). The van der Waals surface area contributed by atoms with Crippen LogP contribution in [0.15, 0.2) is 35.7 Å². The highest BCUT2D eigenvalue weighted by Gasteiger charge is 2.27. The number of benzene rings is 1. The molecule has 0 saturated carbocycles. The van der Waals surface area contributed by atoms with Gasteiger partial charge in [0.05, 0.1) is 16.9 Å². The number of nitro groups is 1. The van der Waals surface area contributed by atoms with Crippen LogP contribution in [-0.2, 0) is 11.2 Å². The zero-order chi connectivity index (χ0) is 13.8. The molecule has 0 atom stereocenters. The number of esters is 1. The Labute approximate surface area is 113 Å². The lowest BCUT2D eigenvalue weighted by Gasteiger charge is -2.00. The Hall–Kier alpha value is -2.21. The molecule has 2 aromatic rings. The molecule has 0 bridgehead atoms. The van der Waals surface area contributed by atoms with Crippen molar-refractivity contribution in [1.82, 2.24) is 0 Å². The molecule has 0 N–H and O–H groups in total. The van der Waals surface area contributed by atoms with Gasteiger partial charge in [0, 0.05) is 11.8 Å². The van der Waals surface area contributed by atoms with Gasteiger partial charge in [-0.1, -0.05) is 30.3 Å². The van der Waals surface area contributed by atoms with Crippen molar-refractivity contribution in [2.45, 2.75) is 6.42 Å². The van der Waals surface area contributed by atoms with E-state index in [-0.39, 0.29) is 11.3 Å². The molecule has 1 aromatic carbocycles. The van der Waals surface area contributed by atoms with Crippen molar-refractivity contribution < 1.29 is 14.5 Å². The van der Waals surface area contributed by atoms with Crippen LogP contribution in [0, 0.1) is 10.1 Å². The number of hydrogen-bond acceptors (Lipinski definition) is 5. The standard InChI is InChI=1S/C13H11NO4S/c1-18-13(15)10-8-19-11(12(10)14(16)17)7-9-5-3-2-4-6-9/h2-6,8H,7H2,1H3. The van der Waals surface area contributed by atoms with E-state index in [2.05, 4.69) is 4.74 Å². The van der Waals surface area contributed by atoms with E-state index in [4.69, 9.17) is 0 Å². The average molecular weight is 277 g/mol. The predicted octanol–water partition coefficient (Wildman–Crippen LogP) is 3.03. The first-order chi connectivity index (χ1) is 9.13. The van der Waals surface area contributed by atoms with E-state index in [9.17, 15) is 14.9 Å². The van der Waals surface area contributed by atoms with Crippen LogP contribution in [0.2, 0.25) is 0 Å². The molecule has 0 aliphatic rings. The van der Waals surface area contributed by atoms with Crippen molar-refractivity contribution >= 4 is 23.0 Å². The summed E-state index contributed by atoms with van der Waals surface area (Å²) < 4.78 is 4.55. The predicted molar refractivity (Wildman–Crippen MR) is 71.6 cm³/mol. The van der Waals surface area contributed by atoms with E-state index in [1.165, 1.54) is 23.8 Å². The SMILES string of the molecule is COC(=O)c1csc(Cc2ccccc2)c1[N+](=O)[O-]. The van der Waals surface area contributed by atoms with Gasteiger partial charge in [-0.05, 0) is 5.56 Å². The molecule has 6 heteroatoms. The lowest BCUT2D eigenvalue weighted by atomic mass is 10.1. The Morgan fingerprint density at radius 3 is 2.63 bits per heavy atom. The first-order valence-corrected chi connectivity index (χ1v) is 6.38. The second-order valence-electron chi connectivity index (χ2n) is 3.83. The molecule has 5 nitrogen and oxygen atoms in total. The van der Waals surface area contributed by atoms with Crippen molar-refractivity contribution in [3.05, 3.63) is 61.8 Å². The molecule has 0 unspecified atom stereocenters. The topological polar surface area (TPSA) is 69.4 Å². The summed E-state index contributed by atoms with van der Waals surface area (Å²) in [5, 5.41) is 12.6. The summed E-state index contributed by atoms with van der Waals surface area (Å²) in [4.78, 5) is 22.6. The van der Waals surface area contributed by atoms with E-state index in [1.54, 1.807) is 0 Å². The molecule has 1 heterocycles. The summed E-state index contributed by atoms with van der Waals surface area (Å²) in [6, 6.07) is 9.40. The Balaban J connectivity index is 2.39. The van der Waals surface area contributed by atoms with Crippen LogP contribution in [0.4, 0.5) is 5.69 Å². The van der Waals surface area contributed by atoms with Gasteiger partial charge < -0.3 is 4.74 Å². The van der Waals surface area contributed by atoms with Gasteiger partial charge in [-0.2, -0.15) is 0 Å². The van der Waals surface area contributed by atoms with Gasteiger partial charge in [-0.15, -0.1) is 11.3 Å². The van der Waals surface area contributed by atoms with E-state index >= 15 is 0 Å². The third-order valence-electron chi connectivity index (χ3n) is 2.63. The van der Waals surface area contributed by atoms with Crippen LogP contribution in [0.25, 0.3) is 0 Å². The molecular formula is C13H11NO4S. The third kappa shape index (κ3) is 2.79. The highest BCUT2D eigenvalue weighted by atomic mass is 32.1. The zero-order valence-electron chi connectivity index (χ0n) is 10.2. The van der Waals surface area contributed by atoms with Gasteiger partial charge in [0.15, 0.2) is 0 Å². The molecule has 0 aliphatic heterocycles. The van der Waals surface area contributed by atoms with Crippen molar-refractivity contribution in [2.24, 2.45) is 0 Å². The van der Waals surface area contributed by atoms with E-state index in [1.807, 2.05) is 30.3 Å². The average Bonchev–Trinajstić information content (AvgIpc) is 2.83. The highest BCUT2D eigenvalue weighted by Crippen LogP contribution is 2.32. The second kappa shape index (κ2) is 5.62. The van der Waals surface area contributed by atoms with Crippen molar-refractivity contribution in [1.29, 1.82) is 0 Å². The van der Waals surface area contributed by atoms with Gasteiger partial charge in [0.1, 0.15) is 5.56 Å². The quantitative estimate of drug-likeness (QED) is 0.489. The number of ether oxygens (including phenoxy) is 1. The fraction of sp³-hybridized carbons (Fsp3) is 0.154. The summed E-state index contributed by atoms with van der Waals surface area (Å²) in [6.45, 7) is 0. The number of thiophene rings is 1. The number of rotatable bonds is 4. The molecule has 0 saturated heterocycles. The Bertz CT molecular complexity index is 606. The van der Waals surface area contributed by atoms with Crippen molar-refractivity contribution in [3.8, 4) is 0 Å². The molecule has 0 amide bonds. The molecule has 1 aromatic heterocycles. The number of hydrogen-bond donors (Lipinski definition) is 0. The number of carbonyl (C=O) groups excluding carboxylic acids is 1. The van der Waals surface area contributed by atoms with Crippen LogP contribution in [0.3, 0.4) is 0 Å². The van der Waals surface area contributed by atoms with Crippen molar-refractivity contribution in [3.63, 3.8) is 0 Å². The molecule has 19 heavy (non-hydrogen) atoms. The molecular weight excluding hydrogens is 266 g/mol. The minimum atomic E-state index is -0.678. The second-order valence-corrected chi connectivity index (χ2v) is 4.80. The Morgan fingerprint density at radius 2 is 2.05 bits per heavy atom. The number of nitrogens with zero attached hydrogens (tertiary/aromatic N) is 1. The molecule has 98 valence electrons. The summed E-state index contributed by atoms with van der Waals surface area (Å²) in [6.07, 6.45) is 0.429. The van der Waals surface area contributed by atoms with Gasteiger partial charge in [0.2, 0.25) is 0 Å². The Kier molecular flexibility index (Phi) is 3.91. The maximum Gasteiger partial charge on any atom is 0.345 e. The summed E-state index contributed by atoms with van der Waals surface area (Å²) in [7, 11) is 1.21. The summed E-state index contributed by atoms with van der Waals surface area (Å²) >= 11 is 1.20. The largest absolute Gasteiger partial charge is 0.465 e. The van der Waals surface area contributed by atoms with Crippen LogP contribution < -0.4 is 0 Å². The highest BCUT2D eigenvalue weighted by molar-refractivity contribution is 7.10. The smallest absolute Gasteiger partial charge is 0.345 e. The minimum Gasteiger partial charge on any atom is -0.465 e. The van der Waals surface area contributed by atoms with Gasteiger partial charge in [0.25, 0.3) is 5.69 Å². The zero-order valence-corrected chi connectivity index (χ0v) is 11.0. The molecule has 0 fully saturated rings. The minimum absolute atomic E-state index is 0.0171. The fourth-order valence-corrected chi connectivity index (χ4v) is 2.77. The fourth-order valence-electron chi connectivity index (χ4n) is 1.75. The first-order valence-electron chi connectivity index (χ1n) is 5.50. The van der Waals surface area contributed by atoms with Crippen molar-refractivity contribution in [2.75, 3.05) is 7.11 Å². The maximum absolute atomic E-state index is 11.5. The number of methoxy groups -OCH3 is 1. The summed E-state index contributed by atoms with van der Waals surface area (Å²) in [5.74, 6) is -0.678. The maximum atomic E-state index is 11.5. The Morgan fingerprint density at radius 1 is 1.37 bits per heavy atom. The lowest BCUT2D eigenvalue weighted by molar-refractivity contribution is -0.385. The molecule has 0 radical (unpaired) electrons. The summed E-state index contributed by atoms with van der Waals surface area (Å²) in [5.41, 5.74) is 0.827. The van der Waals surface area contributed by atoms with Gasteiger partial charge in [-0.3, -0.25) is 10.1 Å². The third-order valence-corrected chi connectivity index (χ3v) is 3.61. The van der Waals surface area contributed by atoms with Crippen LogP contribution in [0.5, 0.6) is 0 Å². The molecule has 0 spiro atoms. The van der Waals surface area contributed by atoms with Gasteiger partial charge in [-0.25, -0.2) is 4.79 Å². The molecule has 0 aliphatic carbocycles. The van der Waals surface area contributed by atoms with Crippen LogP contribution >= 0.6 is 11.3 Å². The number of carbonyl (C=O) groups is 1. The normalized spacial score (nSPS) is 10.2.